The highest BCUT2D eigenvalue weighted by Crippen LogP contribution is 2.26. The highest BCUT2D eigenvalue weighted by atomic mass is 35.5. The lowest BCUT2D eigenvalue weighted by atomic mass is 9.98. The molecule has 0 atom stereocenters. The molecule has 5 nitrogen and oxygen atoms in total. The molecular formula is C23H18ClN3O2. The third kappa shape index (κ3) is 4.05. The molecule has 0 unspecified atom stereocenters. The molecule has 0 saturated heterocycles. The predicted octanol–water partition coefficient (Wildman–Crippen LogP) is 5.35. The Balaban J connectivity index is 1.56. The van der Waals surface area contributed by atoms with Crippen LogP contribution in [-0.4, -0.2) is 23.0 Å². The number of benzene rings is 3. The van der Waals surface area contributed by atoms with Gasteiger partial charge in [-0.2, -0.15) is 0 Å². The van der Waals surface area contributed by atoms with Gasteiger partial charge in [0, 0.05) is 11.9 Å². The first-order valence-electron chi connectivity index (χ1n) is 9.08. The van der Waals surface area contributed by atoms with Crippen molar-refractivity contribution in [1.29, 1.82) is 0 Å². The number of para-hydroxylation sites is 1. The number of ether oxygens (including phenoxy) is 1. The molecule has 1 N–H and O–H groups in total. The van der Waals surface area contributed by atoms with E-state index in [9.17, 15) is 4.79 Å². The van der Waals surface area contributed by atoms with Crippen LogP contribution in [0.3, 0.4) is 0 Å². The van der Waals surface area contributed by atoms with Gasteiger partial charge < -0.3 is 10.1 Å². The second-order valence-corrected chi connectivity index (χ2v) is 6.78. The van der Waals surface area contributed by atoms with Crippen molar-refractivity contribution in [2.75, 3.05) is 12.4 Å². The van der Waals surface area contributed by atoms with Crippen LogP contribution in [0.1, 0.15) is 15.9 Å². The molecule has 29 heavy (non-hydrogen) atoms. The Labute approximate surface area is 173 Å². The topological polar surface area (TPSA) is 64.1 Å². The van der Waals surface area contributed by atoms with Gasteiger partial charge in [0.25, 0.3) is 0 Å². The molecule has 0 aliphatic heterocycles. The number of nitrogens with one attached hydrogen (secondary N) is 1. The zero-order valence-corrected chi connectivity index (χ0v) is 16.5. The maximum atomic E-state index is 12.0. The zero-order chi connectivity index (χ0) is 20.2. The molecule has 0 bridgehead atoms. The van der Waals surface area contributed by atoms with Gasteiger partial charge in [-0.25, -0.2) is 14.8 Å². The molecule has 0 amide bonds. The number of nitrogens with zero attached hydrogens (tertiary/aromatic N) is 2. The molecule has 4 rings (SSSR count). The average Bonchev–Trinajstić information content (AvgIpc) is 2.77. The fourth-order valence-corrected chi connectivity index (χ4v) is 3.37. The number of hydrogen-bond donors (Lipinski definition) is 1. The number of carbonyl (C=O) groups is 1. The maximum absolute atomic E-state index is 12.0. The van der Waals surface area contributed by atoms with Gasteiger partial charge in [-0.3, -0.25) is 0 Å². The number of rotatable bonds is 5. The van der Waals surface area contributed by atoms with Crippen LogP contribution in [0.25, 0.3) is 22.0 Å². The monoisotopic (exact) mass is 403 g/mol. The SMILES string of the molecule is COC(=O)c1ccccc1-c1ccc(CNc2nc(Cl)nc3ccccc23)cc1. The zero-order valence-electron chi connectivity index (χ0n) is 15.7. The van der Waals surface area contributed by atoms with Crippen molar-refractivity contribution in [3.05, 3.63) is 89.2 Å². The molecule has 0 aliphatic rings. The van der Waals surface area contributed by atoms with E-state index in [1.165, 1.54) is 7.11 Å². The summed E-state index contributed by atoms with van der Waals surface area (Å²) in [7, 11) is 1.39. The number of carbonyl (C=O) groups excluding carboxylic acids is 1. The van der Waals surface area contributed by atoms with E-state index in [0.29, 0.717) is 17.9 Å². The minimum atomic E-state index is -0.348. The number of aromatic nitrogens is 2. The molecule has 0 saturated carbocycles. The summed E-state index contributed by atoms with van der Waals surface area (Å²) in [6.07, 6.45) is 0. The second-order valence-electron chi connectivity index (χ2n) is 6.45. The Bertz CT molecular complexity index is 1180. The van der Waals surface area contributed by atoms with E-state index in [1.54, 1.807) is 6.07 Å². The van der Waals surface area contributed by atoms with Crippen molar-refractivity contribution in [3.63, 3.8) is 0 Å². The summed E-state index contributed by atoms with van der Waals surface area (Å²) in [6.45, 7) is 0.580. The maximum Gasteiger partial charge on any atom is 0.338 e. The van der Waals surface area contributed by atoms with E-state index in [2.05, 4.69) is 15.3 Å². The number of fused-ring (bicyclic) bond motifs is 1. The fraction of sp³-hybridized carbons (Fsp3) is 0.0870. The van der Waals surface area contributed by atoms with Crippen LogP contribution in [-0.2, 0) is 11.3 Å². The van der Waals surface area contributed by atoms with Gasteiger partial charge in [-0.15, -0.1) is 0 Å². The largest absolute Gasteiger partial charge is 0.465 e. The Morgan fingerprint density at radius 3 is 2.48 bits per heavy atom. The summed E-state index contributed by atoms with van der Waals surface area (Å²) < 4.78 is 4.88. The minimum Gasteiger partial charge on any atom is -0.465 e. The van der Waals surface area contributed by atoms with Gasteiger partial charge in [0.1, 0.15) is 5.82 Å². The van der Waals surface area contributed by atoms with Crippen molar-refractivity contribution in [1.82, 2.24) is 9.97 Å². The van der Waals surface area contributed by atoms with Gasteiger partial charge in [-0.1, -0.05) is 54.6 Å². The van der Waals surface area contributed by atoms with E-state index in [4.69, 9.17) is 16.3 Å². The molecule has 3 aromatic carbocycles. The molecule has 0 radical (unpaired) electrons. The molecule has 4 aromatic rings. The summed E-state index contributed by atoms with van der Waals surface area (Å²) in [4.78, 5) is 20.6. The Morgan fingerprint density at radius 2 is 1.69 bits per heavy atom. The summed E-state index contributed by atoms with van der Waals surface area (Å²) in [5, 5.41) is 4.46. The van der Waals surface area contributed by atoms with Crippen molar-refractivity contribution >= 4 is 34.3 Å². The van der Waals surface area contributed by atoms with Crippen LogP contribution < -0.4 is 5.32 Å². The molecule has 1 heterocycles. The van der Waals surface area contributed by atoms with E-state index in [0.717, 1.165) is 27.6 Å². The number of esters is 1. The van der Waals surface area contributed by atoms with E-state index >= 15 is 0 Å². The van der Waals surface area contributed by atoms with Gasteiger partial charge in [-0.05, 0) is 46.5 Å². The smallest absolute Gasteiger partial charge is 0.338 e. The summed E-state index contributed by atoms with van der Waals surface area (Å²) >= 11 is 6.05. The van der Waals surface area contributed by atoms with Crippen LogP contribution in [0.15, 0.2) is 72.8 Å². The normalized spacial score (nSPS) is 10.7. The van der Waals surface area contributed by atoms with Crippen molar-refractivity contribution in [3.8, 4) is 11.1 Å². The van der Waals surface area contributed by atoms with E-state index < -0.39 is 0 Å². The van der Waals surface area contributed by atoms with E-state index in [-0.39, 0.29) is 11.3 Å². The summed E-state index contributed by atoms with van der Waals surface area (Å²) in [6, 6.07) is 23.1. The number of anilines is 1. The van der Waals surface area contributed by atoms with Gasteiger partial charge in [0.05, 0.1) is 18.2 Å². The van der Waals surface area contributed by atoms with Crippen LogP contribution in [0.4, 0.5) is 5.82 Å². The average molecular weight is 404 g/mol. The Hall–Kier alpha value is -3.44. The fourth-order valence-electron chi connectivity index (χ4n) is 3.19. The highest BCUT2D eigenvalue weighted by molar-refractivity contribution is 6.28. The Morgan fingerprint density at radius 1 is 0.966 bits per heavy atom. The molecule has 0 spiro atoms. The molecule has 1 aromatic heterocycles. The van der Waals surface area contributed by atoms with Gasteiger partial charge in [0.15, 0.2) is 0 Å². The van der Waals surface area contributed by atoms with Crippen molar-refractivity contribution in [2.24, 2.45) is 0 Å². The first kappa shape index (κ1) is 18.9. The third-order valence-corrected chi connectivity index (χ3v) is 4.80. The molecule has 144 valence electrons. The van der Waals surface area contributed by atoms with Crippen LogP contribution in [0.2, 0.25) is 5.28 Å². The summed E-state index contributed by atoms with van der Waals surface area (Å²) in [5.41, 5.74) is 4.20. The van der Waals surface area contributed by atoms with Gasteiger partial charge in [0.2, 0.25) is 5.28 Å². The standard InChI is InChI=1S/C23H18ClN3O2/c1-29-22(28)18-7-3-2-6-17(18)16-12-10-15(11-13-16)14-25-21-19-8-4-5-9-20(19)26-23(24)27-21/h2-13H,14H2,1H3,(H,25,26,27). The summed E-state index contributed by atoms with van der Waals surface area (Å²) in [5.74, 6) is 0.347. The first-order chi connectivity index (χ1) is 14.2. The lowest BCUT2D eigenvalue weighted by Gasteiger charge is -2.11. The third-order valence-electron chi connectivity index (χ3n) is 4.63. The lowest BCUT2D eigenvalue weighted by Crippen LogP contribution is -2.04. The molecule has 6 heteroatoms. The van der Waals surface area contributed by atoms with Crippen molar-refractivity contribution in [2.45, 2.75) is 6.54 Å². The second kappa shape index (κ2) is 8.29. The lowest BCUT2D eigenvalue weighted by molar-refractivity contribution is 0.0601. The number of halogens is 1. The molecular weight excluding hydrogens is 386 g/mol. The minimum absolute atomic E-state index is 0.209. The predicted molar refractivity (Wildman–Crippen MR) is 115 cm³/mol. The Kier molecular flexibility index (Phi) is 5.40. The molecule has 0 fully saturated rings. The van der Waals surface area contributed by atoms with E-state index in [1.807, 2.05) is 66.7 Å². The number of methoxy groups -OCH3 is 1. The molecule has 0 aliphatic carbocycles. The van der Waals surface area contributed by atoms with Crippen LogP contribution >= 0.6 is 11.6 Å². The highest BCUT2D eigenvalue weighted by Gasteiger charge is 2.12. The van der Waals surface area contributed by atoms with Crippen molar-refractivity contribution < 1.29 is 9.53 Å². The van der Waals surface area contributed by atoms with Gasteiger partial charge >= 0.3 is 5.97 Å². The number of hydrogen-bond acceptors (Lipinski definition) is 5. The quantitative estimate of drug-likeness (QED) is 0.359. The van der Waals surface area contributed by atoms with Crippen LogP contribution in [0.5, 0.6) is 0 Å². The first-order valence-corrected chi connectivity index (χ1v) is 9.46. The van der Waals surface area contributed by atoms with Crippen LogP contribution in [0, 0.1) is 0 Å².